The largest absolute Gasteiger partial charge is 0.356 e. The summed E-state index contributed by atoms with van der Waals surface area (Å²) in [6, 6.07) is 13.2. The van der Waals surface area contributed by atoms with E-state index in [1.807, 2.05) is 6.07 Å². The molecular formula is C19H15Cl2N7O4. The van der Waals surface area contributed by atoms with Gasteiger partial charge in [-0.05, 0) is 23.8 Å². The predicted molar refractivity (Wildman–Crippen MR) is 118 cm³/mol. The van der Waals surface area contributed by atoms with Crippen molar-refractivity contribution >= 4 is 52.3 Å². The summed E-state index contributed by atoms with van der Waals surface area (Å²) >= 11 is 11.8. The van der Waals surface area contributed by atoms with Crippen LogP contribution in [-0.4, -0.2) is 26.7 Å². The molecule has 0 saturated heterocycles. The zero-order valence-corrected chi connectivity index (χ0v) is 17.6. The third-order valence-corrected chi connectivity index (χ3v) is 4.55. The lowest BCUT2D eigenvalue weighted by Crippen LogP contribution is -2.33. The fourth-order valence-corrected chi connectivity index (χ4v) is 3.04. The minimum absolute atomic E-state index is 0.0513. The van der Waals surface area contributed by atoms with Gasteiger partial charge < -0.3 is 0 Å². The molecule has 0 atom stereocenters. The highest BCUT2D eigenvalue weighted by molar-refractivity contribution is 6.36. The Morgan fingerprint density at radius 1 is 0.969 bits per heavy atom. The van der Waals surface area contributed by atoms with Crippen molar-refractivity contribution in [1.82, 2.24) is 20.8 Å². The van der Waals surface area contributed by atoms with Gasteiger partial charge in [0, 0.05) is 5.02 Å². The Morgan fingerprint density at radius 3 is 2.25 bits per heavy atom. The molecule has 0 radical (unpaired) electrons. The van der Waals surface area contributed by atoms with Crippen LogP contribution < -0.4 is 21.7 Å². The number of anilines is 2. The average molecular weight is 476 g/mol. The Balaban J connectivity index is 1.69. The molecule has 0 bridgehead atoms. The van der Waals surface area contributed by atoms with Gasteiger partial charge in [0.1, 0.15) is 6.33 Å². The second-order valence-electron chi connectivity index (χ2n) is 6.22. The Hall–Kier alpha value is -3.96. The van der Waals surface area contributed by atoms with Gasteiger partial charge in [0.2, 0.25) is 17.5 Å². The summed E-state index contributed by atoms with van der Waals surface area (Å²) in [6.45, 7) is 0. The van der Waals surface area contributed by atoms with E-state index in [9.17, 15) is 19.7 Å². The van der Waals surface area contributed by atoms with Gasteiger partial charge in [-0.3, -0.25) is 41.4 Å². The molecule has 1 aromatic heterocycles. The number of hydrogen-bond donors (Lipinski definition) is 4. The topological polar surface area (TPSA) is 151 Å². The number of amides is 2. The number of hydrazine groups is 2. The van der Waals surface area contributed by atoms with Gasteiger partial charge in [0.05, 0.1) is 21.9 Å². The Labute approximate surface area is 191 Å². The molecule has 0 spiro atoms. The second kappa shape index (κ2) is 10.4. The number of nitrogens with one attached hydrogen (secondary N) is 4. The summed E-state index contributed by atoms with van der Waals surface area (Å²) < 4.78 is 0. The molecule has 32 heavy (non-hydrogen) atoms. The molecule has 1 heterocycles. The number of halogens is 2. The van der Waals surface area contributed by atoms with Crippen molar-refractivity contribution in [3.8, 4) is 0 Å². The molecular weight excluding hydrogens is 461 g/mol. The molecule has 11 nitrogen and oxygen atoms in total. The molecule has 2 amide bonds. The van der Waals surface area contributed by atoms with E-state index in [4.69, 9.17) is 23.2 Å². The highest BCUT2D eigenvalue weighted by Crippen LogP contribution is 2.28. The molecule has 0 saturated carbocycles. The molecule has 13 heteroatoms. The summed E-state index contributed by atoms with van der Waals surface area (Å²) in [7, 11) is 0. The molecule has 0 aliphatic rings. The van der Waals surface area contributed by atoms with Gasteiger partial charge in [0.15, 0.2) is 0 Å². The summed E-state index contributed by atoms with van der Waals surface area (Å²) in [5.41, 5.74) is 9.64. The number of rotatable bonds is 8. The molecule has 3 aromatic rings. The number of nitrogens with zero attached hydrogens (tertiary/aromatic N) is 3. The van der Waals surface area contributed by atoms with Crippen LogP contribution in [0.4, 0.5) is 17.3 Å². The van der Waals surface area contributed by atoms with Crippen LogP contribution in [0.5, 0.6) is 0 Å². The minimum Gasteiger partial charge on any atom is -0.276 e. The molecule has 0 unspecified atom stereocenters. The van der Waals surface area contributed by atoms with E-state index in [0.717, 1.165) is 11.9 Å². The lowest BCUT2D eigenvalue weighted by atomic mass is 10.1. The fraction of sp³-hybridized carbons (Fsp3) is 0.0526. The van der Waals surface area contributed by atoms with E-state index in [2.05, 4.69) is 31.7 Å². The third-order valence-electron chi connectivity index (χ3n) is 4.00. The van der Waals surface area contributed by atoms with Gasteiger partial charge in [-0.25, -0.2) is 9.97 Å². The number of aromatic nitrogens is 2. The van der Waals surface area contributed by atoms with Crippen molar-refractivity contribution < 1.29 is 14.5 Å². The van der Waals surface area contributed by atoms with Gasteiger partial charge in [-0.1, -0.05) is 53.5 Å². The monoisotopic (exact) mass is 475 g/mol. The quantitative estimate of drug-likeness (QED) is 0.286. The first-order valence-corrected chi connectivity index (χ1v) is 9.70. The maximum absolute atomic E-state index is 12.3. The van der Waals surface area contributed by atoms with Crippen LogP contribution in [0.2, 0.25) is 10.0 Å². The predicted octanol–water partition coefficient (Wildman–Crippen LogP) is 3.13. The van der Waals surface area contributed by atoms with Gasteiger partial charge in [0.25, 0.3) is 5.91 Å². The van der Waals surface area contributed by atoms with Gasteiger partial charge in [-0.2, -0.15) is 0 Å². The van der Waals surface area contributed by atoms with Gasteiger partial charge >= 0.3 is 5.69 Å². The summed E-state index contributed by atoms with van der Waals surface area (Å²) in [5, 5.41) is 12.0. The molecule has 4 N–H and O–H groups in total. The maximum atomic E-state index is 12.3. The average Bonchev–Trinajstić information content (AvgIpc) is 2.76. The van der Waals surface area contributed by atoms with Crippen LogP contribution in [0.25, 0.3) is 0 Å². The molecule has 0 aliphatic heterocycles. The lowest BCUT2D eigenvalue weighted by molar-refractivity contribution is -0.383. The number of benzene rings is 2. The third kappa shape index (κ3) is 5.80. The van der Waals surface area contributed by atoms with Crippen molar-refractivity contribution in [2.45, 2.75) is 6.42 Å². The fourth-order valence-electron chi connectivity index (χ4n) is 2.55. The molecule has 3 rings (SSSR count). The van der Waals surface area contributed by atoms with E-state index < -0.39 is 22.4 Å². The standard InChI is InChI=1S/C19H15Cl2N7O4/c20-12-6-7-13(14(21)9-12)19(30)27-26-18-16(28(31)32)17(22-10-23-18)25-24-15(29)8-11-4-2-1-3-5-11/h1-7,9-10H,8H2,(H,24,29)(H,27,30)(H2,22,23,25,26). The summed E-state index contributed by atoms with van der Waals surface area (Å²) in [5.74, 6) is -1.72. The zero-order chi connectivity index (χ0) is 23.1. The Morgan fingerprint density at radius 2 is 1.62 bits per heavy atom. The highest BCUT2D eigenvalue weighted by Gasteiger charge is 2.24. The lowest BCUT2D eigenvalue weighted by Gasteiger charge is -2.12. The molecule has 164 valence electrons. The minimum atomic E-state index is -0.768. The molecule has 0 aliphatic carbocycles. The van der Waals surface area contributed by atoms with Crippen molar-refractivity contribution in [3.63, 3.8) is 0 Å². The van der Waals surface area contributed by atoms with E-state index in [0.29, 0.717) is 5.02 Å². The van der Waals surface area contributed by atoms with Crippen molar-refractivity contribution in [2.24, 2.45) is 0 Å². The van der Waals surface area contributed by atoms with Crippen LogP contribution in [0.15, 0.2) is 54.9 Å². The normalized spacial score (nSPS) is 10.2. The number of nitro groups is 1. The van der Waals surface area contributed by atoms with Crippen LogP contribution in [0.3, 0.4) is 0 Å². The van der Waals surface area contributed by atoms with E-state index in [1.165, 1.54) is 18.2 Å². The van der Waals surface area contributed by atoms with Crippen LogP contribution in [-0.2, 0) is 11.2 Å². The second-order valence-corrected chi connectivity index (χ2v) is 7.06. The van der Waals surface area contributed by atoms with Crippen molar-refractivity contribution in [3.05, 3.63) is 86.1 Å². The number of hydrogen-bond acceptors (Lipinski definition) is 8. The first kappa shape index (κ1) is 22.7. The summed E-state index contributed by atoms with van der Waals surface area (Å²) in [4.78, 5) is 42.8. The van der Waals surface area contributed by atoms with Crippen molar-refractivity contribution in [1.29, 1.82) is 0 Å². The number of carbonyl (C=O) groups is 2. The van der Waals surface area contributed by atoms with Crippen LogP contribution in [0.1, 0.15) is 15.9 Å². The Kier molecular flexibility index (Phi) is 7.37. The molecule has 0 fully saturated rings. The molecule has 2 aromatic carbocycles. The van der Waals surface area contributed by atoms with Crippen molar-refractivity contribution in [2.75, 3.05) is 10.9 Å². The van der Waals surface area contributed by atoms with Crippen LogP contribution >= 0.6 is 23.2 Å². The van der Waals surface area contributed by atoms with E-state index >= 15 is 0 Å². The smallest absolute Gasteiger partial charge is 0.276 e. The zero-order valence-electron chi connectivity index (χ0n) is 16.1. The number of carbonyl (C=O) groups excluding carboxylic acids is 2. The highest BCUT2D eigenvalue weighted by atomic mass is 35.5. The van der Waals surface area contributed by atoms with E-state index in [-0.39, 0.29) is 28.6 Å². The maximum Gasteiger partial charge on any atom is 0.356 e. The van der Waals surface area contributed by atoms with Crippen LogP contribution in [0, 0.1) is 10.1 Å². The summed E-state index contributed by atoms with van der Waals surface area (Å²) in [6.07, 6.45) is 1.07. The SMILES string of the molecule is O=C(Cc1ccccc1)NNc1ncnc(NNC(=O)c2ccc(Cl)cc2Cl)c1[N+](=O)[O-]. The first-order chi connectivity index (χ1) is 15.3. The van der Waals surface area contributed by atoms with E-state index in [1.54, 1.807) is 24.3 Å². The first-order valence-electron chi connectivity index (χ1n) is 8.94. The Bertz CT molecular complexity index is 1160. The van der Waals surface area contributed by atoms with Gasteiger partial charge in [-0.15, -0.1) is 0 Å².